The molecule has 1 aromatic carbocycles. The molecule has 1 aromatic heterocycles. The third kappa shape index (κ3) is 5.09. The van der Waals surface area contributed by atoms with Gasteiger partial charge in [0.15, 0.2) is 0 Å². The summed E-state index contributed by atoms with van der Waals surface area (Å²) in [6.45, 7) is 7.61. The zero-order valence-corrected chi connectivity index (χ0v) is 16.1. The van der Waals surface area contributed by atoms with Crippen LogP contribution in [0.1, 0.15) is 26.3 Å². The number of hydrogen-bond donors (Lipinski definition) is 0. The summed E-state index contributed by atoms with van der Waals surface area (Å²) in [4.78, 5) is 28.1. The molecular weight excluding hydrogens is 344 g/mol. The van der Waals surface area contributed by atoms with E-state index in [1.165, 1.54) is 0 Å². The summed E-state index contributed by atoms with van der Waals surface area (Å²) in [6, 6.07) is 9.68. The smallest absolute Gasteiger partial charge is 0.410 e. The molecule has 0 bridgehead atoms. The van der Waals surface area contributed by atoms with Crippen LogP contribution in [0.3, 0.4) is 0 Å². The Morgan fingerprint density at radius 1 is 1.04 bits per heavy atom. The zero-order chi connectivity index (χ0) is 19.4. The van der Waals surface area contributed by atoms with Crippen molar-refractivity contribution < 1.29 is 14.3 Å². The maximum atomic E-state index is 12.6. The Morgan fingerprint density at radius 3 is 2.22 bits per heavy atom. The molecule has 1 aliphatic heterocycles. The van der Waals surface area contributed by atoms with Gasteiger partial charge >= 0.3 is 6.09 Å². The summed E-state index contributed by atoms with van der Waals surface area (Å²) in [5.74, 6) is 0.0747. The highest BCUT2D eigenvalue weighted by atomic mass is 16.6. The monoisotopic (exact) mass is 370 g/mol. The Hall–Kier alpha value is -2.83. The number of aromatic nitrogens is 2. The lowest BCUT2D eigenvalue weighted by atomic mass is 10.1. The molecule has 27 heavy (non-hydrogen) atoms. The molecule has 0 saturated carbocycles. The molecule has 7 heteroatoms. The molecule has 0 unspecified atom stereocenters. The second-order valence-electron chi connectivity index (χ2n) is 7.64. The van der Waals surface area contributed by atoms with Crippen LogP contribution in [0.25, 0.3) is 5.69 Å². The minimum Gasteiger partial charge on any atom is -0.444 e. The van der Waals surface area contributed by atoms with Crippen LogP contribution >= 0.6 is 0 Å². The van der Waals surface area contributed by atoms with Gasteiger partial charge in [0.25, 0.3) is 0 Å². The fourth-order valence-electron chi connectivity index (χ4n) is 2.94. The van der Waals surface area contributed by atoms with E-state index in [0.29, 0.717) is 32.6 Å². The van der Waals surface area contributed by atoms with Crippen LogP contribution in [-0.2, 0) is 16.0 Å². The number of hydrogen-bond acceptors (Lipinski definition) is 4. The first kappa shape index (κ1) is 18.9. The molecule has 0 N–H and O–H groups in total. The lowest BCUT2D eigenvalue weighted by Crippen LogP contribution is -2.51. The molecule has 0 spiro atoms. The van der Waals surface area contributed by atoms with E-state index in [1.54, 1.807) is 15.8 Å². The summed E-state index contributed by atoms with van der Waals surface area (Å²) < 4.78 is 7.17. The number of piperazine rings is 1. The summed E-state index contributed by atoms with van der Waals surface area (Å²) in [5, 5.41) is 4.19. The molecule has 1 saturated heterocycles. The average molecular weight is 370 g/mol. The third-order valence-electron chi connectivity index (χ3n) is 4.34. The maximum absolute atomic E-state index is 12.6. The molecule has 144 valence electrons. The standard InChI is InChI=1S/C20H26N4O3/c1-20(2,3)27-19(26)23-13-11-22(12-14-23)18(25)15-16-5-7-17(8-6-16)24-10-4-9-21-24/h4-10H,11-15H2,1-3H3. The number of amides is 2. The van der Waals surface area contributed by atoms with Gasteiger partial charge in [0, 0.05) is 38.6 Å². The Kier molecular flexibility index (Phi) is 5.48. The van der Waals surface area contributed by atoms with Crippen molar-refractivity contribution in [3.8, 4) is 5.69 Å². The largest absolute Gasteiger partial charge is 0.444 e. The molecule has 3 rings (SSSR count). The summed E-state index contributed by atoms with van der Waals surface area (Å²) in [7, 11) is 0. The number of carbonyl (C=O) groups excluding carboxylic acids is 2. The maximum Gasteiger partial charge on any atom is 0.410 e. The van der Waals surface area contributed by atoms with Crippen LogP contribution in [0.15, 0.2) is 42.7 Å². The first-order chi connectivity index (χ1) is 12.8. The highest BCUT2D eigenvalue weighted by molar-refractivity contribution is 5.79. The van der Waals surface area contributed by atoms with Crippen LogP contribution in [0.4, 0.5) is 4.79 Å². The lowest BCUT2D eigenvalue weighted by Gasteiger charge is -2.35. The van der Waals surface area contributed by atoms with E-state index >= 15 is 0 Å². The molecule has 7 nitrogen and oxygen atoms in total. The van der Waals surface area contributed by atoms with E-state index in [9.17, 15) is 9.59 Å². The average Bonchev–Trinajstić information content (AvgIpc) is 3.16. The third-order valence-corrected chi connectivity index (χ3v) is 4.34. The Bertz CT molecular complexity index is 771. The van der Waals surface area contributed by atoms with Gasteiger partial charge in [0.2, 0.25) is 5.91 Å². The molecule has 1 fully saturated rings. The fourth-order valence-corrected chi connectivity index (χ4v) is 2.94. The highest BCUT2D eigenvalue weighted by Gasteiger charge is 2.27. The van der Waals surface area contributed by atoms with E-state index in [1.807, 2.05) is 62.2 Å². The number of benzene rings is 1. The van der Waals surface area contributed by atoms with Crippen molar-refractivity contribution in [2.75, 3.05) is 26.2 Å². The van der Waals surface area contributed by atoms with Gasteiger partial charge in [0.05, 0.1) is 12.1 Å². The summed E-state index contributed by atoms with van der Waals surface area (Å²) >= 11 is 0. The van der Waals surface area contributed by atoms with Crippen molar-refractivity contribution in [2.24, 2.45) is 0 Å². The van der Waals surface area contributed by atoms with Gasteiger partial charge in [0.1, 0.15) is 5.60 Å². The second kappa shape index (κ2) is 7.82. The number of ether oxygens (including phenoxy) is 1. The lowest BCUT2D eigenvalue weighted by molar-refractivity contribution is -0.132. The first-order valence-electron chi connectivity index (χ1n) is 9.16. The van der Waals surface area contributed by atoms with Crippen LogP contribution in [0.2, 0.25) is 0 Å². The van der Waals surface area contributed by atoms with Gasteiger partial charge in [-0.1, -0.05) is 12.1 Å². The van der Waals surface area contributed by atoms with Crippen molar-refractivity contribution in [2.45, 2.75) is 32.8 Å². The highest BCUT2D eigenvalue weighted by Crippen LogP contribution is 2.14. The zero-order valence-electron chi connectivity index (χ0n) is 16.1. The van der Waals surface area contributed by atoms with E-state index < -0.39 is 5.60 Å². The first-order valence-corrected chi connectivity index (χ1v) is 9.16. The molecular formula is C20H26N4O3. The van der Waals surface area contributed by atoms with E-state index in [-0.39, 0.29) is 12.0 Å². The minimum absolute atomic E-state index is 0.0747. The quantitative estimate of drug-likeness (QED) is 0.833. The van der Waals surface area contributed by atoms with Crippen molar-refractivity contribution in [1.82, 2.24) is 19.6 Å². The van der Waals surface area contributed by atoms with Gasteiger partial charge in [-0.2, -0.15) is 5.10 Å². The Morgan fingerprint density at radius 2 is 1.67 bits per heavy atom. The number of rotatable bonds is 3. The van der Waals surface area contributed by atoms with Crippen LogP contribution in [-0.4, -0.2) is 63.4 Å². The molecule has 2 heterocycles. The fraction of sp³-hybridized carbons (Fsp3) is 0.450. The van der Waals surface area contributed by atoms with Crippen LogP contribution < -0.4 is 0 Å². The molecule has 0 radical (unpaired) electrons. The predicted octanol–water partition coefficient (Wildman–Crippen LogP) is 2.49. The molecule has 0 aliphatic carbocycles. The Labute approximate surface area is 159 Å². The topological polar surface area (TPSA) is 67.7 Å². The van der Waals surface area contributed by atoms with Gasteiger partial charge in [-0.25, -0.2) is 9.48 Å². The van der Waals surface area contributed by atoms with Crippen molar-refractivity contribution in [3.63, 3.8) is 0 Å². The minimum atomic E-state index is -0.508. The molecule has 2 amide bonds. The number of carbonyl (C=O) groups is 2. The predicted molar refractivity (Wildman–Crippen MR) is 102 cm³/mol. The van der Waals surface area contributed by atoms with Gasteiger partial charge in [-0.15, -0.1) is 0 Å². The van der Waals surface area contributed by atoms with E-state index in [4.69, 9.17) is 4.74 Å². The second-order valence-corrected chi connectivity index (χ2v) is 7.64. The van der Waals surface area contributed by atoms with Crippen molar-refractivity contribution in [3.05, 3.63) is 48.3 Å². The van der Waals surface area contributed by atoms with Crippen LogP contribution in [0.5, 0.6) is 0 Å². The molecule has 2 aromatic rings. The van der Waals surface area contributed by atoms with Gasteiger partial charge in [-0.05, 0) is 44.5 Å². The van der Waals surface area contributed by atoms with Crippen molar-refractivity contribution >= 4 is 12.0 Å². The summed E-state index contributed by atoms with van der Waals surface area (Å²) in [5.41, 5.74) is 1.42. The summed E-state index contributed by atoms with van der Waals surface area (Å²) in [6.07, 6.45) is 3.65. The van der Waals surface area contributed by atoms with Gasteiger partial charge in [-0.3, -0.25) is 4.79 Å². The molecule has 0 atom stereocenters. The van der Waals surface area contributed by atoms with E-state index in [0.717, 1.165) is 11.3 Å². The van der Waals surface area contributed by atoms with Crippen molar-refractivity contribution in [1.29, 1.82) is 0 Å². The van der Waals surface area contributed by atoms with Crippen LogP contribution in [0, 0.1) is 0 Å². The normalized spacial score (nSPS) is 14.9. The van der Waals surface area contributed by atoms with E-state index in [2.05, 4.69) is 5.10 Å². The molecule has 1 aliphatic rings. The number of nitrogens with zero attached hydrogens (tertiary/aromatic N) is 4. The Balaban J connectivity index is 1.50. The SMILES string of the molecule is CC(C)(C)OC(=O)N1CCN(C(=O)Cc2ccc(-n3cccn3)cc2)CC1. The van der Waals surface area contributed by atoms with Gasteiger partial charge < -0.3 is 14.5 Å².